The van der Waals surface area contributed by atoms with Gasteiger partial charge in [0.2, 0.25) is 0 Å². The van der Waals surface area contributed by atoms with Crippen LogP contribution in [0.15, 0.2) is 35.5 Å². The fourth-order valence-corrected chi connectivity index (χ4v) is 3.12. The maximum absolute atomic E-state index is 12.3. The molecule has 0 N–H and O–H groups in total. The van der Waals surface area contributed by atoms with Crippen LogP contribution in [0.5, 0.6) is 5.75 Å². The van der Waals surface area contributed by atoms with Gasteiger partial charge in [0.15, 0.2) is 5.78 Å². The van der Waals surface area contributed by atoms with Gasteiger partial charge in [0.1, 0.15) is 10.8 Å². The monoisotopic (exact) mass is 371 g/mol. The fraction of sp³-hybridized carbons (Fsp3) is 0.400. The number of rotatable bonds is 8. The lowest BCUT2D eigenvalue weighted by Crippen LogP contribution is -2.09. The van der Waals surface area contributed by atoms with Crippen molar-refractivity contribution in [3.8, 4) is 16.9 Å². The molecule has 0 fully saturated rings. The second kappa shape index (κ2) is 10.1. The van der Waals surface area contributed by atoms with Crippen LogP contribution in [0.3, 0.4) is 0 Å². The molecule has 0 bridgehead atoms. The lowest BCUT2D eigenvalue weighted by Gasteiger charge is -2.10. The molecule has 2 aromatic rings. The lowest BCUT2D eigenvalue weighted by atomic mass is 10.1. The Morgan fingerprint density at radius 3 is 2.73 bits per heavy atom. The molecule has 138 valence electrons. The van der Waals surface area contributed by atoms with Crippen LogP contribution in [0.4, 0.5) is 5.69 Å². The molecule has 1 aromatic carbocycles. The number of thioether (sulfide) groups is 1. The van der Waals surface area contributed by atoms with E-state index < -0.39 is 0 Å². The number of Topliss-reactive ketones (excluding diaryl/α,β-unsaturated/α-hetero) is 1. The molecule has 0 saturated heterocycles. The summed E-state index contributed by atoms with van der Waals surface area (Å²) >= 11 is 1.39. The molecular weight excluding hydrogens is 346 g/mol. The zero-order chi connectivity index (χ0) is 18.9. The number of hydrogen-bond acceptors (Lipinski definition) is 6. The summed E-state index contributed by atoms with van der Waals surface area (Å²) in [4.78, 5) is 16.9. The first-order chi connectivity index (χ1) is 12.6. The zero-order valence-electron chi connectivity index (χ0n) is 15.8. The minimum absolute atomic E-state index is 0.1000. The summed E-state index contributed by atoms with van der Waals surface area (Å²) in [5.41, 5.74) is 3.40. The molecule has 2 rings (SSSR count). The Morgan fingerprint density at radius 2 is 2.08 bits per heavy atom. The van der Waals surface area contributed by atoms with Crippen molar-refractivity contribution in [2.75, 3.05) is 13.4 Å². The molecule has 0 aliphatic heterocycles. The molecular formula is C20H25N3O2S. The van der Waals surface area contributed by atoms with Gasteiger partial charge in [0, 0.05) is 23.6 Å². The predicted molar refractivity (Wildman–Crippen MR) is 109 cm³/mol. The lowest BCUT2D eigenvalue weighted by molar-refractivity contribution is -0.112. The van der Waals surface area contributed by atoms with Crippen molar-refractivity contribution in [3.05, 3.63) is 36.2 Å². The molecule has 0 unspecified atom stereocenters. The summed E-state index contributed by atoms with van der Waals surface area (Å²) in [5.74, 6) is 0.792. The number of aryl methyl sites for hydroxylation is 1. The number of aliphatic imine (C=N–C) groups is 1. The van der Waals surface area contributed by atoms with Crippen molar-refractivity contribution in [1.82, 2.24) is 10.2 Å². The standard InChI is InChI=1S/C20H25N3O2S/c1-5-6-7-8-18(24)20(26-4)22-16-9-10-17(19(12-16)25-3)15-11-14(2)23-21-13-15/h9-13H,5-8H2,1-4H3. The smallest absolute Gasteiger partial charge is 0.187 e. The van der Waals surface area contributed by atoms with Crippen LogP contribution < -0.4 is 4.74 Å². The van der Waals surface area contributed by atoms with Gasteiger partial charge in [-0.15, -0.1) is 11.8 Å². The van der Waals surface area contributed by atoms with Gasteiger partial charge < -0.3 is 4.74 Å². The van der Waals surface area contributed by atoms with Crippen LogP contribution in [-0.2, 0) is 4.79 Å². The fourth-order valence-electron chi connectivity index (χ4n) is 2.59. The van der Waals surface area contributed by atoms with Crippen molar-refractivity contribution in [1.29, 1.82) is 0 Å². The van der Waals surface area contributed by atoms with E-state index in [2.05, 4.69) is 22.1 Å². The highest BCUT2D eigenvalue weighted by Gasteiger charge is 2.12. The number of methoxy groups -OCH3 is 1. The third kappa shape index (κ3) is 5.39. The number of aromatic nitrogens is 2. The number of carbonyl (C=O) groups is 1. The SMILES string of the molecule is CCCCCC(=O)C(=Nc1ccc(-c2cnnc(C)c2)c(OC)c1)SC. The molecule has 5 nitrogen and oxygen atoms in total. The van der Waals surface area contributed by atoms with E-state index in [1.165, 1.54) is 11.8 Å². The van der Waals surface area contributed by atoms with E-state index >= 15 is 0 Å². The maximum Gasteiger partial charge on any atom is 0.187 e. The van der Waals surface area contributed by atoms with Crippen molar-refractivity contribution in [3.63, 3.8) is 0 Å². The summed E-state index contributed by atoms with van der Waals surface area (Å²) in [6, 6.07) is 7.63. The second-order valence-corrected chi connectivity index (χ2v) is 6.77. The van der Waals surface area contributed by atoms with E-state index in [0.717, 1.165) is 36.1 Å². The largest absolute Gasteiger partial charge is 0.496 e. The van der Waals surface area contributed by atoms with Crippen LogP contribution in [0.25, 0.3) is 11.1 Å². The topological polar surface area (TPSA) is 64.4 Å². The summed E-state index contributed by atoms with van der Waals surface area (Å²) in [6.07, 6.45) is 7.21. The summed E-state index contributed by atoms with van der Waals surface area (Å²) < 4.78 is 5.53. The molecule has 0 atom stereocenters. The van der Waals surface area contributed by atoms with E-state index in [0.29, 0.717) is 22.9 Å². The molecule has 0 saturated carbocycles. The first kappa shape index (κ1) is 20.1. The van der Waals surface area contributed by atoms with E-state index in [1.807, 2.05) is 37.4 Å². The zero-order valence-corrected chi connectivity index (χ0v) is 16.6. The molecule has 0 aliphatic rings. The Hall–Kier alpha value is -2.21. The Labute approximate surface area is 159 Å². The number of benzene rings is 1. The minimum atomic E-state index is 0.1000. The van der Waals surface area contributed by atoms with Crippen LogP contribution in [0, 0.1) is 6.92 Å². The molecule has 26 heavy (non-hydrogen) atoms. The molecule has 0 amide bonds. The number of ketones is 1. The highest BCUT2D eigenvalue weighted by molar-refractivity contribution is 8.15. The third-order valence-corrected chi connectivity index (χ3v) is 4.65. The summed E-state index contributed by atoms with van der Waals surface area (Å²) in [6.45, 7) is 4.03. The van der Waals surface area contributed by atoms with Crippen LogP contribution in [0.2, 0.25) is 0 Å². The molecule has 0 spiro atoms. The highest BCUT2D eigenvalue weighted by atomic mass is 32.2. The Balaban J connectivity index is 2.28. The first-order valence-corrected chi connectivity index (χ1v) is 9.95. The van der Waals surface area contributed by atoms with Crippen molar-refractivity contribution in [2.45, 2.75) is 39.5 Å². The molecule has 1 aromatic heterocycles. The predicted octanol–water partition coefficient (Wildman–Crippen LogP) is 5.00. The molecule has 1 heterocycles. The Bertz CT molecular complexity index is 790. The van der Waals surface area contributed by atoms with Gasteiger partial charge >= 0.3 is 0 Å². The number of nitrogens with zero attached hydrogens (tertiary/aromatic N) is 3. The third-order valence-electron chi connectivity index (χ3n) is 3.94. The van der Waals surface area contributed by atoms with Gasteiger partial charge in [-0.2, -0.15) is 10.2 Å². The average Bonchev–Trinajstić information content (AvgIpc) is 2.66. The second-order valence-electron chi connectivity index (χ2n) is 5.97. The highest BCUT2D eigenvalue weighted by Crippen LogP contribution is 2.33. The van der Waals surface area contributed by atoms with Crippen molar-refractivity contribution >= 4 is 28.3 Å². The van der Waals surface area contributed by atoms with Crippen LogP contribution in [-0.4, -0.2) is 34.4 Å². The number of carbonyl (C=O) groups excluding carboxylic acids is 1. The Morgan fingerprint density at radius 1 is 1.27 bits per heavy atom. The molecule has 0 aliphatic carbocycles. The maximum atomic E-state index is 12.3. The van der Waals surface area contributed by atoms with E-state index in [9.17, 15) is 4.79 Å². The number of ether oxygens (including phenoxy) is 1. The number of hydrogen-bond donors (Lipinski definition) is 0. The average molecular weight is 372 g/mol. The van der Waals surface area contributed by atoms with Gasteiger partial charge in [-0.05, 0) is 37.8 Å². The van der Waals surface area contributed by atoms with Gasteiger partial charge in [0.25, 0.3) is 0 Å². The van der Waals surface area contributed by atoms with Crippen LogP contribution in [0.1, 0.15) is 38.3 Å². The molecule has 0 radical (unpaired) electrons. The van der Waals surface area contributed by atoms with Crippen LogP contribution >= 0.6 is 11.8 Å². The van der Waals surface area contributed by atoms with Gasteiger partial charge in [0.05, 0.1) is 24.7 Å². The van der Waals surface area contributed by atoms with E-state index in [1.54, 1.807) is 13.3 Å². The normalized spacial score (nSPS) is 11.5. The minimum Gasteiger partial charge on any atom is -0.496 e. The Kier molecular flexibility index (Phi) is 7.78. The number of unbranched alkanes of at least 4 members (excludes halogenated alkanes) is 2. The van der Waals surface area contributed by atoms with Gasteiger partial charge in [-0.3, -0.25) is 4.79 Å². The van der Waals surface area contributed by atoms with Crippen molar-refractivity contribution in [2.24, 2.45) is 4.99 Å². The molecule has 6 heteroatoms. The van der Waals surface area contributed by atoms with Gasteiger partial charge in [-0.25, -0.2) is 4.99 Å². The van der Waals surface area contributed by atoms with E-state index in [-0.39, 0.29) is 5.78 Å². The summed E-state index contributed by atoms with van der Waals surface area (Å²) in [7, 11) is 1.62. The first-order valence-electron chi connectivity index (χ1n) is 8.72. The van der Waals surface area contributed by atoms with Crippen molar-refractivity contribution < 1.29 is 9.53 Å². The van der Waals surface area contributed by atoms with Gasteiger partial charge in [-0.1, -0.05) is 19.8 Å². The quantitative estimate of drug-likeness (QED) is 0.371. The van der Waals surface area contributed by atoms with E-state index in [4.69, 9.17) is 4.74 Å². The summed E-state index contributed by atoms with van der Waals surface area (Å²) in [5, 5.41) is 8.52.